The van der Waals surface area contributed by atoms with Crippen molar-refractivity contribution in [2.45, 2.75) is 6.18 Å². The molecule has 0 radical (unpaired) electrons. The molecule has 0 aliphatic carbocycles. The largest absolute Gasteiger partial charge is 0.417 e. The molecule has 4 N–H and O–H groups in total. The fourth-order valence-electron chi connectivity index (χ4n) is 3.28. The van der Waals surface area contributed by atoms with Gasteiger partial charge in [-0.3, -0.25) is 4.57 Å². The summed E-state index contributed by atoms with van der Waals surface area (Å²) in [6.07, 6.45) is -1.56. The number of amides is 2. The molecule has 0 fully saturated rings. The van der Waals surface area contributed by atoms with E-state index in [0.29, 0.717) is 29.2 Å². The van der Waals surface area contributed by atoms with Crippen LogP contribution >= 0.6 is 11.6 Å². The number of rotatable bonds is 7. The molecular weight excluding hydrogens is 485 g/mol. The number of nitrogens with zero attached hydrogens (tertiary/aromatic N) is 4. The van der Waals surface area contributed by atoms with Gasteiger partial charge in [0.25, 0.3) is 0 Å². The zero-order valence-corrected chi connectivity index (χ0v) is 19.1. The second-order valence-corrected chi connectivity index (χ2v) is 7.76. The Bertz CT molecular complexity index is 1340. The summed E-state index contributed by atoms with van der Waals surface area (Å²) in [5.41, 5.74) is 1.33. The second kappa shape index (κ2) is 10.2. The van der Waals surface area contributed by atoms with Crippen molar-refractivity contribution in [3.63, 3.8) is 0 Å². The van der Waals surface area contributed by atoms with Crippen molar-refractivity contribution < 1.29 is 18.0 Å². The van der Waals surface area contributed by atoms with Crippen LogP contribution in [-0.2, 0) is 6.18 Å². The maximum atomic E-state index is 13.0. The molecule has 0 bridgehead atoms. The van der Waals surface area contributed by atoms with Gasteiger partial charge in [-0.2, -0.15) is 13.2 Å². The lowest BCUT2D eigenvalue weighted by Gasteiger charge is -2.12. The van der Waals surface area contributed by atoms with Crippen LogP contribution in [0.2, 0.25) is 5.02 Å². The minimum absolute atomic E-state index is 0.0421. The van der Waals surface area contributed by atoms with E-state index in [2.05, 4.69) is 36.2 Å². The lowest BCUT2D eigenvalue weighted by atomic mass is 10.2. The normalized spacial score (nSPS) is 11.5. The number of imidazole rings is 1. The first-order chi connectivity index (χ1) is 16.8. The molecule has 0 aliphatic rings. The lowest BCUT2D eigenvalue weighted by Crippen LogP contribution is -2.20. The number of urea groups is 1. The van der Waals surface area contributed by atoms with Crippen LogP contribution in [0, 0.1) is 0 Å². The highest BCUT2D eigenvalue weighted by Gasteiger charge is 2.33. The average molecular weight is 505 g/mol. The maximum absolute atomic E-state index is 13.0. The number of aromatic nitrogens is 4. The number of hydrogen-bond acceptors (Lipinski definition) is 6. The van der Waals surface area contributed by atoms with Gasteiger partial charge in [0.2, 0.25) is 0 Å². The van der Waals surface area contributed by atoms with Crippen molar-refractivity contribution in [1.29, 1.82) is 0 Å². The van der Waals surface area contributed by atoms with E-state index in [9.17, 15) is 18.0 Å². The first-order valence-electron chi connectivity index (χ1n) is 10.4. The average Bonchev–Trinajstić information content (AvgIpc) is 3.25. The van der Waals surface area contributed by atoms with Crippen molar-refractivity contribution in [3.8, 4) is 5.69 Å². The van der Waals surface area contributed by atoms with Gasteiger partial charge in [-0.25, -0.2) is 19.7 Å². The molecule has 182 valence electrons. The van der Waals surface area contributed by atoms with Crippen molar-refractivity contribution in [3.05, 3.63) is 65.7 Å². The molecule has 35 heavy (non-hydrogen) atoms. The quantitative estimate of drug-likeness (QED) is 0.270. The van der Waals surface area contributed by atoms with E-state index >= 15 is 0 Å². The zero-order valence-electron chi connectivity index (χ0n) is 18.3. The minimum atomic E-state index is -4.63. The fourth-order valence-corrected chi connectivity index (χ4v) is 3.50. The lowest BCUT2D eigenvalue weighted by molar-refractivity contribution is -0.137. The Balaban J connectivity index is 1.46. The predicted octanol–water partition coefficient (Wildman–Crippen LogP) is 4.76. The molecular formula is C22H20ClF3N8O. The van der Waals surface area contributed by atoms with Gasteiger partial charge in [0, 0.05) is 30.2 Å². The van der Waals surface area contributed by atoms with Crippen LogP contribution < -0.4 is 21.3 Å². The SMILES string of the molecule is CNCCNc1ncnc2c1ncn2-c1ccc(NC(=O)Nc2ccc(Cl)c(C(F)(F)F)c2)cc1. The molecule has 0 aliphatic heterocycles. The Morgan fingerprint density at radius 3 is 2.43 bits per heavy atom. The minimum Gasteiger partial charge on any atom is -0.367 e. The Kier molecular flexibility index (Phi) is 7.03. The molecule has 4 aromatic rings. The summed E-state index contributed by atoms with van der Waals surface area (Å²) in [7, 11) is 1.86. The van der Waals surface area contributed by atoms with Gasteiger partial charge in [0.15, 0.2) is 17.0 Å². The Hall–Kier alpha value is -3.90. The monoisotopic (exact) mass is 504 g/mol. The van der Waals surface area contributed by atoms with Gasteiger partial charge < -0.3 is 21.3 Å². The fraction of sp³-hybridized carbons (Fsp3) is 0.182. The van der Waals surface area contributed by atoms with Crippen molar-refractivity contribution in [2.75, 3.05) is 36.1 Å². The summed E-state index contributed by atoms with van der Waals surface area (Å²) in [4.78, 5) is 25.2. The highest BCUT2D eigenvalue weighted by Crippen LogP contribution is 2.36. The van der Waals surface area contributed by atoms with E-state index in [0.717, 1.165) is 24.4 Å². The van der Waals surface area contributed by atoms with Crippen LogP contribution in [0.3, 0.4) is 0 Å². The first kappa shape index (κ1) is 24.2. The van der Waals surface area contributed by atoms with Gasteiger partial charge in [-0.15, -0.1) is 0 Å². The van der Waals surface area contributed by atoms with Crippen molar-refractivity contribution in [1.82, 2.24) is 24.8 Å². The molecule has 0 unspecified atom stereocenters. The smallest absolute Gasteiger partial charge is 0.367 e. The van der Waals surface area contributed by atoms with E-state index in [1.807, 2.05) is 7.05 Å². The summed E-state index contributed by atoms with van der Waals surface area (Å²) >= 11 is 5.61. The predicted molar refractivity (Wildman–Crippen MR) is 128 cm³/mol. The third-order valence-electron chi connectivity index (χ3n) is 4.93. The Labute approximate surface area is 202 Å². The van der Waals surface area contributed by atoms with E-state index in [1.165, 1.54) is 12.4 Å². The molecule has 2 aromatic heterocycles. The molecule has 2 aromatic carbocycles. The van der Waals surface area contributed by atoms with Crippen LogP contribution in [-0.4, -0.2) is 45.7 Å². The number of nitrogens with one attached hydrogen (secondary N) is 4. The molecule has 0 atom stereocenters. The summed E-state index contributed by atoms with van der Waals surface area (Å²) in [6.45, 7) is 1.43. The Morgan fingerprint density at radius 2 is 1.71 bits per heavy atom. The summed E-state index contributed by atoms with van der Waals surface area (Å²) < 4.78 is 40.8. The van der Waals surface area contributed by atoms with E-state index < -0.39 is 22.8 Å². The highest BCUT2D eigenvalue weighted by molar-refractivity contribution is 6.31. The van der Waals surface area contributed by atoms with Gasteiger partial charge in [-0.05, 0) is 49.5 Å². The summed E-state index contributed by atoms with van der Waals surface area (Å²) in [5.74, 6) is 0.620. The van der Waals surface area contributed by atoms with Crippen LogP contribution in [0.4, 0.5) is 35.2 Å². The van der Waals surface area contributed by atoms with Crippen LogP contribution in [0.25, 0.3) is 16.9 Å². The molecule has 0 spiro atoms. The molecule has 9 nitrogen and oxygen atoms in total. The molecule has 2 heterocycles. The highest BCUT2D eigenvalue weighted by atomic mass is 35.5. The number of fused-ring (bicyclic) bond motifs is 1. The van der Waals surface area contributed by atoms with E-state index in [1.54, 1.807) is 35.2 Å². The van der Waals surface area contributed by atoms with E-state index in [4.69, 9.17) is 11.6 Å². The molecule has 13 heteroatoms. The maximum Gasteiger partial charge on any atom is 0.417 e. The Morgan fingerprint density at radius 1 is 1.00 bits per heavy atom. The number of likely N-dealkylation sites (N-methyl/N-ethyl adjacent to an activating group) is 1. The molecule has 0 saturated carbocycles. The number of hydrogen-bond donors (Lipinski definition) is 4. The van der Waals surface area contributed by atoms with Gasteiger partial charge in [-0.1, -0.05) is 11.6 Å². The van der Waals surface area contributed by atoms with Gasteiger partial charge in [0.1, 0.15) is 12.7 Å². The standard InChI is InChI=1S/C22H20ClF3N8O/c1-27-8-9-28-19-18-20(30-11-29-19)34(12-31-18)15-5-2-13(3-6-15)32-21(35)33-14-4-7-17(23)16(10-14)22(24,25)26/h2-7,10-12,27H,8-9H2,1H3,(H,28,29,30)(H2,32,33,35). The summed E-state index contributed by atoms with van der Waals surface area (Å²) in [6, 6.07) is 9.23. The number of carbonyl (C=O) groups excluding carboxylic acids is 1. The van der Waals surface area contributed by atoms with Crippen LogP contribution in [0.5, 0.6) is 0 Å². The van der Waals surface area contributed by atoms with Gasteiger partial charge in [0.05, 0.1) is 10.6 Å². The zero-order chi connectivity index (χ0) is 25.0. The molecule has 4 rings (SSSR count). The first-order valence-corrected chi connectivity index (χ1v) is 10.8. The second-order valence-electron chi connectivity index (χ2n) is 7.36. The van der Waals surface area contributed by atoms with Crippen LogP contribution in [0.15, 0.2) is 55.1 Å². The summed E-state index contributed by atoms with van der Waals surface area (Å²) in [5, 5.41) is 10.8. The number of carbonyl (C=O) groups is 1. The molecule has 0 saturated heterocycles. The third-order valence-corrected chi connectivity index (χ3v) is 5.26. The molecule has 2 amide bonds. The number of alkyl halides is 3. The van der Waals surface area contributed by atoms with Gasteiger partial charge >= 0.3 is 12.2 Å². The van der Waals surface area contributed by atoms with Crippen molar-refractivity contribution in [2.24, 2.45) is 0 Å². The third kappa shape index (κ3) is 5.61. The topological polar surface area (TPSA) is 109 Å². The number of halogens is 4. The van der Waals surface area contributed by atoms with Crippen LogP contribution in [0.1, 0.15) is 5.56 Å². The van der Waals surface area contributed by atoms with E-state index in [-0.39, 0.29) is 5.69 Å². The number of benzene rings is 2. The number of anilines is 3. The van der Waals surface area contributed by atoms with Crippen molar-refractivity contribution >= 4 is 46.0 Å².